The zero-order chi connectivity index (χ0) is 13.9. The molecule has 0 aliphatic heterocycles. The predicted molar refractivity (Wildman–Crippen MR) is 77.4 cm³/mol. The summed E-state index contributed by atoms with van der Waals surface area (Å²) in [6, 6.07) is 9.36. The van der Waals surface area contributed by atoms with E-state index in [0.29, 0.717) is 6.54 Å². The van der Waals surface area contributed by atoms with Crippen molar-refractivity contribution in [3.05, 3.63) is 51.7 Å². The number of rotatable bonds is 5. The number of aryl methyl sites for hydroxylation is 1. The van der Waals surface area contributed by atoms with Gasteiger partial charge in [-0.2, -0.15) is 0 Å². The van der Waals surface area contributed by atoms with E-state index in [1.807, 2.05) is 31.2 Å². The van der Waals surface area contributed by atoms with Crippen molar-refractivity contribution in [1.29, 1.82) is 0 Å². The van der Waals surface area contributed by atoms with Crippen molar-refractivity contribution in [2.75, 3.05) is 0 Å². The summed E-state index contributed by atoms with van der Waals surface area (Å²) in [5.74, 6) is 0. The summed E-state index contributed by atoms with van der Waals surface area (Å²) < 4.78 is 26.7. The van der Waals surface area contributed by atoms with E-state index in [2.05, 4.69) is 4.72 Å². The highest BCUT2D eigenvalue weighted by Crippen LogP contribution is 2.18. The van der Waals surface area contributed by atoms with E-state index < -0.39 is 10.0 Å². The van der Waals surface area contributed by atoms with Crippen LogP contribution in [-0.4, -0.2) is 8.42 Å². The molecule has 0 radical (unpaired) electrons. The van der Waals surface area contributed by atoms with Crippen molar-refractivity contribution in [2.24, 2.45) is 5.73 Å². The molecule has 4 nitrogen and oxygen atoms in total. The number of hydrogen-bond acceptors (Lipinski definition) is 4. The van der Waals surface area contributed by atoms with Crippen LogP contribution in [0.1, 0.15) is 16.0 Å². The lowest BCUT2D eigenvalue weighted by Crippen LogP contribution is -2.22. The smallest absolute Gasteiger partial charge is 0.241 e. The second-order valence-corrected chi connectivity index (χ2v) is 7.03. The summed E-state index contributed by atoms with van der Waals surface area (Å²) in [6.07, 6.45) is 0. The lowest BCUT2D eigenvalue weighted by atomic mass is 10.2. The van der Waals surface area contributed by atoms with Gasteiger partial charge in [0, 0.05) is 23.3 Å². The Bertz CT molecular complexity index is 646. The van der Waals surface area contributed by atoms with Crippen molar-refractivity contribution in [1.82, 2.24) is 4.72 Å². The van der Waals surface area contributed by atoms with Gasteiger partial charge in [-0.15, -0.1) is 11.3 Å². The fourth-order valence-corrected chi connectivity index (χ4v) is 3.75. The van der Waals surface area contributed by atoms with Gasteiger partial charge in [0.2, 0.25) is 10.0 Å². The number of nitrogens with two attached hydrogens (primary N) is 1. The molecular weight excluding hydrogens is 280 g/mol. The number of nitrogens with one attached hydrogen (secondary N) is 1. The number of sulfonamides is 1. The highest BCUT2D eigenvalue weighted by molar-refractivity contribution is 7.89. The van der Waals surface area contributed by atoms with Gasteiger partial charge in [-0.05, 0) is 18.6 Å². The quantitative estimate of drug-likeness (QED) is 0.886. The molecule has 6 heteroatoms. The third-order valence-corrected chi connectivity index (χ3v) is 5.22. The zero-order valence-corrected chi connectivity index (χ0v) is 12.2. The van der Waals surface area contributed by atoms with Crippen LogP contribution in [0.15, 0.2) is 40.6 Å². The van der Waals surface area contributed by atoms with Gasteiger partial charge < -0.3 is 5.73 Å². The first-order valence-corrected chi connectivity index (χ1v) is 8.20. The Morgan fingerprint density at radius 3 is 2.53 bits per heavy atom. The van der Waals surface area contributed by atoms with Crippen molar-refractivity contribution in [3.63, 3.8) is 0 Å². The summed E-state index contributed by atoms with van der Waals surface area (Å²) in [4.78, 5) is 1.14. The summed E-state index contributed by atoms with van der Waals surface area (Å²) in [5.41, 5.74) is 7.56. The van der Waals surface area contributed by atoms with Gasteiger partial charge in [-0.3, -0.25) is 0 Å². The van der Waals surface area contributed by atoms with Crippen molar-refractivity contribution < 1.29 is 8.42 Å². The molecule has 1 heterocycles. The van der Waals surface area contributed by atoms with Gasteiger partial charge in [0.25, 0.3) is 0 Å². The standard InChI is InChI=1S/C13H16N2O2S2/c1-10-2-4-11(5-3-10)8-15-19(16,17)13-6-12(7-14)18-9-13/h2-6,9,15H,7-8,14H2,1H3. The number of thiophene rings is 1. The van der Waals surface area contributed by atoms with Gasteiger partial charge in [-0.25, -0.2) is 13.1 Å². The van der Waals surface area contributed by atoms with Crippen LogP contribution in [0.5, 0.6) is 0 Å². The molecule has 0 unspecified atom stereocenters. The van der Waals surface area contributed by atoms with Crippen molar-refractivity contribution in [2.45, 2.75) is 24.9 Å². The summed E-state index contributed by atoms with van der Waals surface area (Å²) >= 11 is 1.36. The van der Waals surface area contributed by atoms with Crippen molar-refractivity contribution in [3.8, 4) is 0 Å². The van der Waals surface area contributed by atoms with Crippen LogP contribution >= 0.6 is 11.3 Å². The second-order valence-electron chi connectivity index (χ2n) is 4.26. The average Bonchev–Trinajstić information content (AvgIpc) is 2.88. The molecule has 0 saturated heterocycles. The van der Waals surface area contributed by atoms with Gasteiger partial charge in [0.15, 0.2) is 0 Å². The molecular formula is C13H16N2O2S2. The molecule has 0 aliphatic carbocycles. The molecule has 0 aliphatic rings. The topological polar surface area (TPSA) is 72.2 Å². The average molecular weight is 296 g/mol. The molecule has 102 valence electrons. The largest absolute Gasteiger partial charge is 0.326 e. The highest BCUT2D eigenvalue weighted by atomic mass is 32.2. The van der Waals surface area contributed by atoms with E-state index in [9.17, 15) is 8.42 Å². The SMILES string of the molecule is Cc1ccc(CNS(=O)(=O)c2csc(CN)c2)cc1. The summed E-state index contributed by atoms with van der Waals surface area (Å²) in [5, 5.41) is 1.61. The molecule has 0 bridgehead atoms. The van der Waals surface area contributed by atoms with Gasteiger partial charge in [-0.1, -0.05) is 29.8 Å². The molecule has 19 heavy (non-hydrogen) atoms. The summed E-state index contributed by atoms with van der Waals surface area (Å²) in [6.45, 7) is 2.64. The maximum absolute atomic E-state index is 12.1. The maximum Gasteiger partial charge on any atom is 0.241 e. The molecule has 1 aromatic carbocycles. The minimum Gasteiger partial charge on any atom is -0.326 e. The van der Waals surface area contributed by atoms with Crippen molar-refractivity contribution >= 4 is 21.4 Å². The number of benzene rings is 1. The summed E-state index contributed by atoms with van der Waals surface area (Å²) in [7, 11) is -3.45. The van der Waals surface area contributed by atoms with Crippen LogP contribution in [-0.2, 0) is 23.1 Å². The first-order chi connectivity index (χ1) is 9.01. The van der Waals surface area contributed by atoms with Gasteiger partial charge in [0.05, 0.1) is 4.90 Å². The van der Waals surface area contributed by atoms with E-state index in [4.69, 9.17) is 5.73 Å². The first kappa shape index (κ1) is 14.2. The predicted octanol–water partition coefficient (Wildman–Crippen LogP) is 1.99. The molecule has 2 aromatic rings. The van der Waals surface area contributed by atoms with Gasteiger partial charge >= 0.3 is 0 Å². The Hall–Kier alpha value is -1.21. The minimum atomic E-state index is -3.45. The van der Waals surface area contributed by atoms with Crippen LogP contribution in [0.2, 0.25) is 0 Å². The lowest BCUT2D eigenvalue weighted by Gasteiger charge is -2.05. The van der Waals surface area contributed by atoms with Crippen LogP contribution in [0.4, 0.5) is 0 Å². The third-order valence-electron chi connectivity index (χ3n) is 2.73. The molecule has 0 fully saturated rings. The van der Waals surface area contributed by atoms with E-state index in [-0.39, 0.29) is 11.4 Å². The highest BCUT2D eigenvalue weighted by Gasteiger charge is 2.15. The molecule has 0 amide bonds. The normalized spacial score (nSPS) is 11.7. The van der Waals surface area contributed by atoms with E-state index >= 15 is 0 Å². The fraction of sp³-hybridized carbons (Fsp3) is 0.231. The molecule has 2 rings (SSSR count). The Kier molecular flexibility index (Phi) is 4.36. The Morgan fingerprint density at radius 2 is 1.95 bits per heavy atom. The monoisotopic (exact) mass is 296 g/mol. The zero-order valence-electron chi connectivity index (χ0n) is 10.6. The third kappa shape index (κ3) is 3.63. The Balaban J connectivity index is 2.07. The molecule has 1 aromatic heterocycles. The first-order valence-electron chi connectivity index (χ1n) is 5.84. The van der Waals surface area contributed by atoms with E-state index in [0.717, 1.165) is 16.0 Å². The molecule has 0 saturated carbocycles. The molecule has 0 spiro atoms. The van der Waals surface area contributed by atoms with Crippen LogP contribution < -0.4 is 10.5 Å². The van der Waals surface area contributed by atoms with Gasteiger partial charge in [0.1, 0.15) is 0 Å². The minimum absolute atomic E-state index is 0.282. The Morgan fingerprint density at radius 1 is 1.26 bits per heavy atom. The molecule has 0 atom stereocenters. The van der Waals surface area contributed by atoms with Crippen LogP contribution in [0.3, 0.4) is 0 Å². The second kappa shape index (κ2) is 5.83. The van der Waals surface area contributed by atoms with Crippen LogP contribution in [0, 0.1) is 6.92 Å². The van der Waals surface area contributed by atoms with Crippen LogP contribution in [0.25, 0.3) is 0 Å². The maximum atomic E-state index is 12.1. The molecule has 3 N–H and O–H groups in total. The lowest BCUT2D eigenvalue weighted by molar-refractivity contribution is 0.581. The van der Waals surface area contributed by atoms with E-state index in [1.54, 1.807) is 11.4 Å². The number of hydrogen-bond donors (Lipinski definition) is 2. The fourth-order valence-electron chi connectivity index (χ4n) is 1.58. The van der Waals surface area contributed by atoms with E-state index in [1.165, 1.54) is 11.3 Å². The Labute approximate surface area is 117 Å².